The van der Waals surface area contributed by atoms with Crippen molar-refractivity contribution in [3.05, 3.63) is 48.0 Å². The van der Waals surface area contributed by atoms with Crippen LogP contribution >= 0.6 is 37.4 Å². The average Bonchev–Trinajstić information content (AvgIpc) is 3.58. The van der Waals surface area contributed by atoms with Crippen LogP contribution in [0, 0.1) is 0 Å². The number of carbonyl (C=O) groups excluding carboxylic acids is 1. The molecule has 172 valence electrons. The molecule has 2 fully saturated rings. The first-order chi connectivity index (χ1) is 14.2. The number of nitrogens with two attached hydrogens (primary N) is 1. The van der Waals surface area contributed by atoms with E-state index in [4.69, 9.17) is 10.5 Å². The Balaban J connectivity index is 0.00000171. The summed E-state index contributed by atoms with van der Waals surface area (Å²) in [7, 11) is 0. The monoisotopic (exact) mass is 485 g/mol. The topological polar surface area (TPSA) is 58.8 Å². The fourth-order valence-electron chi connectivity index (χ4n) is 4.14. The van der Waals surface area contributed by atoms with E-state index in [9.17, 15) is 4.79 Å². The van der Waals surface area contributed by atoms with Gasteiger partial charge in [-0.2, -0.15) is 12.6 Å². The normalized spacial score (nSPS) is 20.1. The number of carbonyl (C=O) groups is 1. The van der Waals surface area contributed by atoms with E-state index in [1.165, 1.54) is 12.8 Å². The van der Waals surface area contributed by atoms with Crippen molar-refractivity contribution in [2.45, 2.75) is 37.5 Å². The Hall–Kier alpha value is -1.02. The van der Waals surface area contributed by atoms with Crippen LogP contribution in [0.4, 0.5) is 0 Å². The number of hydrogen-bond donors (Lipinski definition) is 2. The highest BCUT2D eigenvalue weighted by Crippen LogP contribution is 2.25. The van der Waals surface area contributed by atoms with Gasteiger partial charge in [0.05, 0.1) is 6.10 Å². The van der Waals surface area contributed by atoms with Crippen molar-refractivity contribution in [1.29, 1.82) is 0 Å². The van der Waals surface area contributed by atoms with E-state index in [0.29, 0.717) is 11.9 Å². The molecule has 2 aromatic rings. The lowest BCUT2D eigenvalue weighted by Gasteiger charge is -2.42. The second-order valence-corrected chi connectivity index (χ2v) is 8.59. The van der Waals surface area contributed by atoms with Crippen LogP contribution in [0.2, 0.25) is 0 Å². The zero-order valence-corrected chi connectivity index (χ0v) is 20.2. The van der Waals surface area contributed by atoms with Crippen molar-refractivity contribution in [1.82, 2.24) is 9.80 Å². The van der Waals surface area contributed by atoms with Crippen LogP contribution in [-0.4, -0.2) is 72.4 Å². The molecule has 1 aliphatic heterocycles. The minimum Gasteiger partial charge on any atom is -0.378 e. The van der Waals surface area contributed by atoms with Crippen molar-refractivity contribution in [2.75, 3.05) is 38.5 Å². The standard InChI is InChI=1S/C23H31N3O2S.2ClH/c24-18(16-29)14-25-11-12-26(15-19(25)10-13-28-20-8-9-20)23(27)22-7-3-5-17-4-1-2-6-21(17)22;;/h1-7,18-20,29H,8-16,24H2;2*1H/t18-,19+;;/m1../s1. The minimum atomic E-state index is 0. The number of halogens is 2. The molecule has 0 aromatic heterocycles. The first kappa shape index (κ1) is 26.2. The molecule has 31 heavy (non-hydrogen) atoms. The Morgan fingerprint density at radius 3 is 2.61 bits per heavy atom. The molecule has 4 rings (SSSR count). The number of amides is 1. The third-order valence-corrected chi connectivity index (χ3v) is 6.41. The third-order valence-electron chi connectivity index (χ3n) is 5.94. The molecule has 1 saturated carbocycles. The van der Waals surface area contributed by atoms with Crippen molar-refractivity contribution >= 4 is 54.1 Å². The summed E-state index contributed by atoms with van der Waals surface area (Å²) >= 11 is 4.34. The first-order valence-electron chi connectivity index (χ1n) is 10.6. The van der Waals surface area contributed by atoms with Gasteiger partial charge in [-0.3, -0.25) is 9.69 Å². The molecular formula is C23H33Cl2N3O2S. The van der Waals surface area contributed by atoms with Gasteiger partial charge in [-0.05, 0) is 36.1 Å². The van der Waals surface area contributed by atoms with Gasteiger partial charge < -0.3 is 15.4 Å². The molecule has 2 aliphatic rings. The molecule has 1 amide bonds. The second kappa shape index (κ2) is 12.3. The molecule has 2 aromatic carbocycles. The Labute approximate surface area is 202 Å². The van der Waals surface area contributed by atoms with Gasteiger partial charge in [0.25, 0.3) is 5.91 Å². The van der Waals surface area contributed by atoms with E-state index in [2.05, 4.69) is 29.7 Å². The quantitative estimate of drug-likeness (QED) is 0.560. The predicted molar refractivity (Wildman–Crippen MR) is 135 cm³/mol. The number of rotatable bonds is 8. The minimum absolute atomic E-state index is 0. The van der Waals surface area contributed by atoms with Gasteiger partial charge >= 0.3 is 0 Å². The molecule has 8 heteroatoms. The Bertz CT molecular complexity index is 847. The van der Waals surface area contributed by atoms with Crippen molar-refractivity contribution in [3.63, 3.8) is 0 Å². The van der Waals surface area contributed by atoms with Crippen LogP contribution in [0.1, 0.15) is 29.6 Å². The molecule has 1 aliphatic carbocycles. The maximum Gasteiger partial charge on any atom is 0.254 e. The average molecular weight is 487 g/mol. The lowest BCUT2D eigenvalue weighted by molar-refractivity contribution is 0.0316. The summed E-state index contributed by atoms with van der Waals surface area (Å²) in [6.07, 6.45) is 3.75. The van der Waals surface area contributed by atoms with Gasteiger partial charge in [-0.15, -0.1) is 24.8 Å². The van der Waals surface area contributed by atoms with Crippen LogP contribution in [0.15, 0.2) is 42.5 Å². The maximum atomic E-state index is 13.4. The number of nitrogens with zero attached hydrogens (tertiary/aromatic N) is 2. The first-order valence-corrected chi connectivity index (χ1v) is 11.3. The van der Waals surface area contributed by atoms with E-state index >= 15 is 0 Å². The summed E-state index contributed by atoms with van der Waals surface area (Å²) < 4.78 is 5.90. The number of ether oxygens (including phenoxy) is 1. The summed E-state index contributed by atoms with van der Waals surface area (Å²) in [4.78, 5) is 17.8. The lowest BCUT2D eigenvalue weighted by atomic mass is 10.0. The molecule has 0 bridgehead atoms. The fourth-order valence-corrected chi connectivity index (χ4v) is 4.25. The van der Waals surface area contributed by atoms with Crippen LogP contribution in [0.25, 0.3) is 10.8 Å². The smallest absolute Gasteiger partial charge is 0.254 e. The van der Waals surface area contributed by atoms with Gasteiger partial charge in [-0.1, -0.05) is 36.4 Å². The molecular weight excluding hydrogens is 453 g/mol. The largest absolute Gasteiger partial charge is 0.378 e. The molecule has 1 saturated heterocycles. The van der Waals surface area contributed by atoms with E-state index < -0.39 is 0 Å². The highest BCUT2D eigenvalue weighted by Gasteiger charge is 2.31. The van der Waals surface area contributed by atoms with Gasteiger partial charge in [-0.25, -0.2) is 0 Å². The third kappa shape index (κ3) is 6.73. The van der Waals surface area contributed by atoms with Crippen molar-refractivity contribution < 1.29 is 9.53 Å². The van der Waals surface area contributed by atoms with Gasteiger partial charge in [0.2, 0.25) is 0 Å². The lowest BCUT2D eigenvalue weighted by Crippen LogP contribution is -2.57. The molecule has 2 N–H and O–H groups in total. The Morgan fingerprint density at radius 1 is 1.13 bits per heavy atom. The number of piperazine rings is 1. The molecule has 2 atom stereocenters. The molecule has 0 radical (unpaired) electrons. The molecule has 1 heterocycles. The van der Waals surface area contributed by atoms with Crippen molar-refractivity contribution in [3.8, 4) is 0 Å². The summed E-state index contributed by atoms with van der Waals surface area (Å²) in [6, 6.07) is 14.4. The molecule has 0 spiro atoms. The SMILES string of the molecule is Cl.Cl.N[C@@H](CS)CN1CCN(C(=O)c2cccc3ccccc23)C[C@@H]1CCOC1CC1. The maximum absolute atomic E-state index is 13.4. The van der Waals surface area contributed by atoms with E-state index in [-0.39, 0.29) is 42.8 Å². The number of hydrogen-bond acceptors (Lipinski definition) is 5. The highest BCUT2D eigenvalue weighted by atomic mass is 35.5. The van der Waals surface area contributed by atoms with Crippen LogP contribution < -0.4 is 5.73 Å². The Morgan fingerprint density at radius 2 is 1.87 bits per heavy atom. The van der Waals surface area contributed by atoms with Crippen LogP contribution in [-0.2, 0) is 4.74 Å². The van der Waals surface area contributed by atoms with Gasteiger partial charge in [0, 0.05) is 56.2 Å². The fraction of sp³-hybridized carbons (Fsp3) is 0.522. The van der Waals surface area contributed by atoms with Crippen LogP contribution in [0.3, 0.4) is 0 Å². The zero-order chi connectivity index (χ0) is 20.2. The summed E-state index contributed by atoms with van der Waals surface area (Å²) in [5, 5.41) is 2.12. The number of thiol groups is 1. The summed E-state index contributed by atoms with van der Waals surface area (Å²) in [5.74, 6) is 0.786. The van der Waals surface area contributed by atoms with Crippen molar-refractivity contribution in [2.24, 2.45) is 5.73 Å². The van der Waals surface area contributed by atoms with E-state index in [1.807, 2.05) is 35.2 Å². The summed E-state index contributed by atoms with van der Waals surface area (Å²) in [5.41, 5.74) is 6.96. The Kier molecular flexibility index (Phi) is 10.4. The van der Waals surface area contributed by atoms with E-state index in [0.717, 1.165) is 55.5 Å². The summed E-state index contributed by atoms with van der Waals surface area (Å²) in [6.45, 7) is 3.84. The predicted octanol–water partition coefficient (Wildman–Crippen LogP) is 3.64. The molecule has 5 nitrogen and oxygen atoms in total. The number of fused-ring (bicyclic) bond motifs is 1. The van der Waals surface area contributed by atoms with Gasteiger partial charge in [0.15, 0.2) is 0 Å². The number of benzene rings is 2. The van der Waals surface area contributed by atoms with Crippen LogP contribution in [0.5, 0.6) is 0 Å². The second-order valence-electron chi connectivity index (χ2n) is 8.23. The van der Waals surface area contributed by atoms with Gasteiger partial charge in [0.1, 0.15) is 0 Å². The molecule has 0 unspecified atom stereocenters. The zero-order valence-electron chi connectivity index (χ0n) is 17.7. The van der Waals surface area contributed by atoms with E-state index in [1.54, 1.807) is 0 Å². The highest BCUT2D eigenvalue weighted by molar-refractivity contribution is 7.80.